The third kappa shape index (κ3) is 2.41. The largest absolute Gasteiger partial charge is 0.502 e. The van der Waals surface area contributed by atoms with Crippen LogP contribution in [0.4, 0.5) is 0 Å². The standard InChI is InChI=1S/C11H10O4/c1-14-9-6-8(4-3-5-12)7-10(15-2)11(9)13/h5-7,13H,1-2H3. The Labute approximate surface area is 87.4 Å². The third-order valence-corrected chi connectivity index (χ3v) is 1.76. The van der Waals surface area contributed by atoms with Crippen LogP contribution < -0.4 is 9.47 Å². The number of aromatic hydroxyl groups is 1. The van der Waals surface area contributed by atoms with E-state index in [-0.39, 0.29) is 17.2 Å². The van der Waals surface area contributed by atoms with Crippen molar-refractivity contribution >= 4 is 6.29 Å². The van der Waals surface area contributed by atoms with E-state index >= 15 is 0 Å². The zero-order chi connectivity index (χ0) is 11.3. The molecular formula is C11H10O4. The molecule has 0 saturated carbocycles. The van der Waals surface area contributed by atoms with Crippen LogP contribution in [0.15, 0.2) is 12.1 Å². The molecule has 0 atom stereocenters. The number of hydrogen-bond acceptors (Lipinski definition) is 4. The normalized spacial score (nSPS) is 8.67. The van der Waals surface area contributed by atoms with E-state index < -0.39 is 0 Å². The first kappa shape index (κ1) is 10.9. The molecule has 0 saturated heterocycles. The van der Waals surface area contributed by atoms with Crippen molar-refractivity contribution in [2.75, 3.05) is 14.2 Å². The van der Waals surface area contributed by atoms with Gasteiger partial charge in [0, 0.05) is 5.56 Å². The van der Waals surface area contributed by atoms with Gasteiger partial charge in [-0.15, -0.1) is 0 Å². The van der Waals surface area contributed by atoms with Crippen LogP contribution in [0.3, 0.4) is 0 Å². The summed E-state index contributed by atoms with van der Waals surface area (Å²) in [6.07, 6.45) is 0.492. The maximum absolute atomic E-state index is 10.1. The maximum Gasteiger partial charge on any atom is 0.200 e. The lowest BCUT2D eigenvalue weighted by Gasteiger charge is -2.08. The van der Waals surface area contributed by atoms with Gasteiger partial charge in [-0.25, -0.2) is 0 Å². The summed E-state index contributed by atoms with van der Waals surface area (Å²) in [7, 11) is 2.84. The van der Waals surface area contributed by atoms with Crippen molar-refractivity contribution < 1.29 is 19.4 Å². The number of rotatable bonds is 2. The monoisotopic (exact) mass is 206 g/mol. The van der Waals surface area contributed by atoms with Crippen molar-refractivity contribution in [3.63, 3.8) is 0 Å². The van der Waals surface area contributed by atoms with Gasteiger partial charge in [-0.05, 0) is 18.1 Å². The Hall–Kier alpha value is -2.15. The van der Waals surface area contributed by atoms with Crippen LogP contribution in [0.1, 0.15) is 5.56 Å². The maximum atomic E-state index is 10.1. The average Bonchev–Trinajstić information content (AvgIpc) is 2.27. The Morgan fingerprint density at radius 2 is 1.80 bits per heavy atom. The fourth-order valence-electron chi connectivity index (χ4n) is 1.08. The number of methoxy groups -OCH3 is 2. The van der Waals surface area contributed by atoms with E-state index in [2.05, 4.69) is 11.8 Å². The highest BCUT2D eigenvalue weighted by Crippen LogP contribution is 2.36. The number of ether oxygens (including phenoxy) is 2. The minimum absolute atomic E-state index is 0.0864. The second-order valence-corrected chi connectivity index (χ2v) is 2.62. The molecule has 0 radical (unpaired) electrons. The number of aldehydes is 1. The molecule has 1 N–H and O–H groups in total. The van der Waals surface area contributed by atoms with Gasteiger partial charge in [-0.1, -0.05) is 5.92 Å². The van der Waals surface area contributed by atoms with Crippen molar-refractivity contribution in [2.24, 2.45) is 0 Å². The summed E-state index contributed by atoms with van der Waals surface area (Å²) in [6, 6.07) is 3.04. The molecule has 15 heavy (non-hydrogen) atoms. The van der Waals surface area contributed by atoms with Crippen molar-refractivity contribution in [1.29, 1.82) is 0 Å². The first-order valence-corrected chi connectivity index (χ1v) is 4.13. The molecule has 0 unspecified atom stereocenters. The highest BCUT2D eigenvalue weighted by molar-refractivity contribution is 5.74. The number of carbonyl (C=O) groups excluding carboxylic acids is 1. The highest BCUT2D eigenvalue weighted by atomic mass is 16.5. The van der Waals surface area contributed by atoms with E-state index in [1.807, 2.05) is 0 Å². The molecule has 0 aliphatic heterocycles. The molecule has 0 fully saturated rings. The molecule has 1 aromatic carbocycles. The summed E-state index contributed by atoms with van der Waals surface area (Å²) in [4.78, 5) is 10.1. The van der Waals surface area contributed by atoms with Crippen molar-refractivity contribution in [1.82, 2.24) is 0 Å². The molecule has 1 aromatic rings. The Kier molecular flexibility index (Phi) is 3.58. The molecular weight excluding hydrogens is 196 g/mol. The lowest BCUT2D eigenvalue weighted by molar-refractivity contribution is -0.103. The lowest BCUT2D eigenvalue weighted by Crippen LogP contribution is -1.90. The zero-order valence-corrected chi connectivity index (χ0v) is 8.40. The number of phenolic OH excluding ortho intramolecular Hbond substituents is 1. The highest BCUT2D eigenvalue weighted by Gasteiger charge is 2.09. The fraction of sp³-hybridized carbons (Fsp3) is 0.182. The van der Waals surface area contributed by atoms with Gasteiger partial charge in [0.25, 0.3) is 0 Å². The summed E-state index contributed by atoms with van der Waals surface area (Å²) in [5, 5.41) is 9.57. The topological polar surface area (TPSA) is 55.8 Å². The predicted molar refractivity (Wildman–Crippen MR) is 54.2 cm³/mol. The minimum atomic E-state index is -0.0864. The van der Waals surface area contributed by atoms with Gasteiger partial charge in [0.05, 0.1) is 14.2 Å². The molecule has 0 aromatic heterocycles. The molecule has 0 aliphatic rings. The zero-order valence-electron chi connectivity index (χ0n) is 8.40. The Bertz CT molecular complexity index is 401. The number of carbonyl (C=O) groups is 1. The van der Waals surface area contributed by atoms with Crippen LogP contribution in [0.5, 0.6) is 17.2 Å². The smallest absolute Gasteiger partial charge is 0.200 e. The van der Waals surface area contributed by atoms with Crippen LogP contribution in [-0.4, -0.2) is 25.6 Å². The van der Waals surface area contributed by atoms with Gasteiger partial charge < -0.3 is 14.6 Å². The second-order valence-electron chi connectivity index (χ2n) is 2.62. The summed E-state index contributed by atoms with van der Waals surface area (Å²) in [6.45, 7) is 0. The van der Waals surface area contributed by atoms with Gasteiger partial charge in [-0.2, -0.15) is 0 Å². The van der Waals surface area contributed by atoms with Gasteiger partial charge in [0.15, 0.2) is 17.8 Å². The first-order valence-electron chi connectivity index (χ1n) is 4.13. The van der Waals surface area contributed by atoms with E-state index in [9.17, 15) is 9.90 Å². The van der Waals surface area contributed by atoms with Gasteiger partial charge in [0.2, 0.25) is 5.75 Å². The molecule has 0 amide bonds. The predicted octanol–water partition coefficient (Wildman–Crippen LogP) is 0.960. The molecule has 4 heteroatoms. The fourth-order valence-corrected chi connectivity index (χ4v) is 1.08. The third-order valence-electron chi connectivity index (χ3n) is 1.76. The van der Waals surface area contributed by atoms with E-state index in [0.29, 0.717) is 11.8 Å². The Balaban J connectivity index is 3.26. The SMILES string of the molecule is COc1cc(C#CC=O)cc(OC)c1O. The Morgan fingerprint density at radius 1 is 1.27 bits per heavy atom. The minimum Gasteiger partial charge on any atom is -0.502 e. The van der Waals surface area contributed by atoms with E-state index in [4.69, 9.17) is 9.47 Å². The molecule has 1 rings (SSSR count). The molecule has 78 valence electrons. The summed E-state index contributed by atoms with van der Waals surface area (Å²) in [5.41, 5.74) is 0.536. The van der Waals surface area contributed by atoms with Gasteiger partial charge in [0.1, 0.15) is 0 Å². The van der Waals surface area contributed by atoms with E-state index in [1.54, 1.807) is 0 Å². The first-order chi connectivity index (χ1) is 7.22. The molecule has 0 heterocycles. The van der Waals surface area contributed by atoms with E-state index in [1.165, 1.54) is 26.4 Å². The summed E-state index contributed by atoms with van der Waals surface area (Å²) in [5.74, 6) is 5.27. The molecule has 4 nitrogen and oxygen atoms in total. The van der Waals surface area contributed by atoms with Crippen molar-refractivity contribution in [3.8, 4) is 29.1 Å². The van der Waals surface area contributed by atoms with E-state index in [0.717, 1.165) is 0 Å². The summed E-state index contributed by atoms with van der Waals surface area (Å²) >= 11 is 0. The lowest BCUT2D eigenvalue weighted by atomic mass is 10.2. The molecule has 0 aliphatic carbocycles. The average molecular weight is 206 g/mol. The van der Waals surface area contributed by atoms with Gasteiger partial charge in [-0.3, -0.25) is 4.79 Å². The van der Waals surface area contributed by atoms with Crippen LogP contribution >= 0.6 is 0 Å². The van der Waals surface area contributed by atoms with Crippen LogP contribution in [-0.2, 0) is 4.79 Å². The Morgan fingerprint density at radius 3 is 2.20 bits per heavy atom. The van der Waals surface area contributed by atoms with Crippen molar-refractivity contribution in [3.05, 3.63) is 17.7 Å². The second kappa shape index (κ2) is 4.91. The van der Waals surface area contributed by atoms with Crippen LogP contribution in [0.25, 0.3) is 0 Å². The van der Waals surface area contributed by atoms with Crippen molar-refractivity contribution in [2.45, 2.75) is 0 Å². The number of benzene rings is 1. The number of phenols is 1. The van der Waals surface area contributed by atoms with Crippen LogP contribution in [0, 0.1) is 11.8 Å². The quantitative estimate of drug-likeness (QED) is 0.578. The molecule has 0 spiro atoms. The van der Waals surface area contributed by atoms with Crippen LogP contribution in [0.2, 0.25) is 0 Å². The van der Waals surface area contributed by atoms with Gasteiger partial charge >= 0.3 is 0 Å². The molecule has 0 bridgehead atoms. The number of hydrogen-bond donors (Lipinski definition) is 1. The summed E-state index contributed by atoms with van der Waals surface area (Å²) < 4.78 is 9.84.